The van der Waals surface area contributed by atoms with E-state index in [0.717, 1.165) is 5.56 Å². The van der Waals surface area contributed by atoms with Gasteiger partial charge in [0, 0.05) is 12.2 Å². The molecule has 0 amide bonds. The van der Waals surface area contributed by atoms with Crippen LogP contribution in [0.3, 0.4) is 0 Å². The Morgan fingerprint density at radius 3 is 2.31 bits per heavy atom. The minimum Gasteiger partial charge on any atom is -0.480 e. The third kappa shape index (κ3) is 2.64. The minimum atomic E-state index is -1.40. The first kappa shape index (κ1) is 12.8. The molecule has 86 valence electrons. The Morgan fingerprint density at radius 2 is 1.88 bits per heavy atom. The van der Waals surface area contributed by atoms with Crippen molar-refractivity contribution in [3.05, 3.63) is 35.9 Å². The number of Topliss-reactive ketones (excluding diaryl/α,β-unsaturated/α-hetero) is 1. The predicted molar refractivity (Wildman–Crippen MR) is 64.7 cm³/mol. The van der Waals surface area contributed by atoms with Gasteiger partial charge >= 0.3 is 5.97 Å². The van der Waals surface area contributed by atoms with Crippen LogP contribution < -0.4 is 0 Å². The first-order chi connectivity index (χ1) is 7.50. The fourth-order valence-electron chi connectivity index (χ4n) is 1.25. The normalized spacial score (nSPS) is 14.1. The molecule has 1 aromatic carbocycles. The van der Waals surface area contributed by atoms with Crippen molar-refractivity contribution in [3.63, 3.8) is 0 Å². The van der Waals surface area contributed by atoms with Crippen LogP contribution in [0.2, 0.25) is 0 Å². The predicted octanol–water partition coefficient (Wildman–Crippen LogP) is 1.82. The first-order valence-electron chi connectivity index (χ1n) is 4.92. The molecular formula is C12H14O3S. The Kier molecular flexibility index (Phi) is 4.12. The summed E-state index contributed by atoms with van der Waals surface area (Å²) in [5.74, 6) is -1.43. The molecule has 1 rings (SSSR count). The largest absolute Gasteiger partial charge is 0.480 e. The molecule has 4 heteroatoms. The van der Waals surface area contributed by atoms with Crippen molar-refractivity contribution in [2.24, 2.45) is 5.41 Å². The summed E-state index contributed by atoms with van der Waals surface area (Å²) in [5, 5.41) is 9.01. The van der Waals surface area contributed by atoms with Crippen molar-refractivity contribution in [2.45, 2.75) is 13.3 Å². The van der Waals surface area contributed by atoms with Gasteiger partial charge in [-0.05, 0) is 12.5 Å². The van der Waals surface area contributed by atoms with Gasteiger partial charge in [-0.25, -0.2) is 0 Å². The molecule has 0 aliphatic carbocycles. The maximum absolute atomic E-state index is 11.9. The van der Waals surface area contributed by atoms with Crippen LogP contribution in [0.15, 0.2) is 30.3 Å². The highest BCUT2D eigenvalue weighted by Gasteiger charge is 2.39. The second-order valence-corrected chi connectivity index (χ2v) is 4.20. The van der Waals surface area contributed by atoms with E-state index in [1.807, 2.05) is 18.2 Å². The molecule has 0 radical (unpaired) electrons. The van der Waals surface area contributed by atoms with Gasteiger partial charge in [-0.1, -0.05) is 30.3 Å². The van der Waals surface area contributed by atoms with Gasteiger partial charge in [0.2, 0.25) is 0 Å². The maximum Gasteiger partial charge on any atom is 0.317 e. The van der Waals surface area contributed by atoms with Crippen LogP contribution in [-0.4, -0.2) is 22.6 Å². The molecule has 0 aromatic heterocycles. The zero-order chi connectivity index (χ0) is 12.2. The zero-order valence-corrected chi connectivity index (χ0v) is 9.91. The topological polar surface area (TPSA) is 54.4 Å². The molecule has 0 saturated heterocycles. The summed E-state index contributed by atoms with van der Waals surface area (Å²) in [7, 11) is 0. The molecular weight excluding hydrogens is 224 g/mol. The summed E-state index contributed by atoms with van der Waals surface area (Å²) in [6.45, 7) is 1.41. The standard InChI is InChI=1S/C12H14O3S/c1-12(8-16,11(14)15)10(13)7-9-5-3-2-4-6-9/h2-6,16H,7-8H2,1H3,(H,14,15)/t12-/m0/s1. The van der Waals surface area contributed by atoms with E-state index in [2.05, 4.69) is 12.6 Å². The van der Waals surface area contributed by atoms with Crippen LogP contribution in [0, 0.1) is 5.41 Å². The van der Waals surface area contributed by atoms with Crippen LogP contribution in [0.4, 0.5) is 0 Å². The Labute approximate surface area is 99.9 Å². The zero-order valence-electron chi connectivity index (χ0n) is 9.01. The van der Waals surface area contributed by atoms with Gasteiger partial charge in [0.25, 0.3) is 0 Å². The van der Waals surface area contributed by atoms with Crippen molar-refractivity contribution in [2.75, 3.05) is 5.75 Å². The third-order valence-corrected chi connectivity index (χ3v) is 3.24. The highest BCUT2D eigenvalue weighted by Crippen LogP contribution is 2.22. The molecule has 1 N–H and O–H groups in total. The molecule has 16 heavy (non-hydrogen) atoms. The molecule has 0 aliphatic heterocycles. The third-order valence-electron chi connectivity index (χ3n) is 2.61. The van der Waals surface area contributed by atoms with Gasteiger partial charge < -0.3 is 5.11 Å². The fraction of sp³-hybridized carbons (Fsp3) is 0.333. The molecule has 0 fully saturated rings. The minimum absolute atomic E-state index is 0.00794. The lowest BCUT2D eigenvalue weighted by atomic mass is 9.84. The average molecular weight is 238 g/mol. The van der Waals surface area contributed by atoms with Crippen LogP contribution in [0.5, 0.6) is 0 Å². The van der Waals surface area contributed by atoms with Crippen molar-refractivity contribution in [1.29, 1.82) is 0 Å². The van der Waals surface area contributed by atoms with Gasteiger partial charge in [0.1, 0.15) is 5.41 Å². The number of ketones is 1. The van der Waals surface area contributed by atoms with Crippen molar-refractivity contribution < 1.29 is 14.7 Å². The number of thiol groups is 1. The number of benzene rings is 1. The lowest BCUT2D eigenvalue weighted by Crippen LogP contribution is -2.39. The summed E-state index contributed by atoms with van der Waals surface area (Å²) >= 11 is 3.94. The molecule has 0 bridgehead atoms. The Bertz CT molecular complexity index is 389. The van der Waals surface area contributed by atoms with E-state index in [-0.39, 0.29) is 18.0 Å². The van der Waals surface area contributed by atoms with Crippen molar-refractivity contribution in [3.8, 4) is 0 Å². The molecule has 3 nitrogen and oxygen atoms in total. The molecule has 1 aromatic rings. The second-order valence-electron chi connectivity index (χ2n) is 3.88. The van der Waals surface area contributed by atoms with Crippen LogP contribution in [-0.2, 0) is 16.0 Å². The quantitative estimate of drug-likeness (QED) is 0.607. The smallest absolute Gasteiger partial charge is 0.317 e. The van der Waals surface area contributed by atoms with Gasteiger partial charge in [-0.15, -0.1) is 0 Å². The monoisotopic (exact) mass is 238 g/mol. The van der Waals surface area contributed by atoms with Crippen LogP contribution in [0.1, 0.15) is 12.5 Å². The Morgan fingerprint density at radius 1 is 1.31 bits per heavy atom. The van der Waals surface area contributed by atoms with Gasteiger partial charge in [-0.2, -0.15) is 12.6 Å². The Balaban J connectivity index is 2.83. The van der Waals surface area contributed by atoms with Gasteiger partial charge in [0.15, 0.2) is 5.78 Å². The van der Waals surface area contributed by atoms with E-state index in [1.54, 1.807) is 12.1 Å². The lowest BCUT2D eigenvalue weighted by molar-refractivity contribution is -0.151. The van der Waals surface area contributed by atoms with Gasteiger partial charge in [-0.3, -0.25) is 9.59 Å². The summed E-state index contributed by atoms with van der Waals surface area (Å²) in [6, 6.07) is 9.10. The summed E-state index contributed by atoms with van der Waals surface area (Å²) in [5.41, 5.74) is -0.583. The highest BCUT2D eigenvalue weighted by molar-refractivity contribution is 7.80. The van der Waals surface area contributed by atoms with E-state index >= 15 is 0 Å². The van der Waals surface area contributed by atoms with Crippen LogP contribution >= 0.6 is 12.6 Å². The average Bonchev–Trinajstić information content (AvgIpc) is 2.28. The lowest BCUT2D eigenvalue weighted by Gasteiger charge is -2.20. The molecule has 0 aliphatic rings. The first-order valence-corrected chi connectivity index (χ1v) is 5.55. The Hall–Kier alpha value is -1.29. The molecule has 1 atom stereocenters. The van der Waals surface area contributed by atoms with Crippen molar-refractivity contribution in [1.82, 2.24) is 0 Å². The van der Waals surface area contributed by atoms with E-state index in [1.165, 1.54) is 6.92 Å². The number of hydrogen-bond acceptors (Lipinski definition) is 3. The molecule has 0 heterocycles. The van der Waals surface area contributed by atoms with E-state index < -0.39 is 11.4 Å². The summed E-state index contributed by atoms with van der Waals surface area (Å²) in [4.78, 5) is 22.9. The number of rotatable bonds is 5. The van der Waals surface area contributed by atoms with Gasteiger partial charge in [0.05, 0.1) is 0 Å². The molecule has 0 unspecified atom stereocenters. The van der Waals surface area contributed by atoms with E-state index in [0.29, 0.717) is 0 Å². The maximum atomic E-state index is 11.9. The SMILES string of the molecule is C[C@@](CS)(C(=O)O)C(=O)Cc1ccccc1. The summed E-state index contributed by atoms with van der Waals surface area (Å²) in [6.07, 6.45) is 0.129. The molecule has 0 saturated carbocycles. The number of carbonyl (C=O) groups is 2. The number of carboxylic acid groups (broad SMARTS) is 1. The van der Waals surface area contributed by atoms with E-state index in [9.17, 15) is 9.59 Å². The van der Waals surface area contributed by atoms with E-state index in [4.69, 9.17) is 5.11 Å². The fourth-order valence-corrected chi connectivity index (χ4v) is 1.56. The van der Waals surface area contributed by atoms with Crippen molar-refractivity contribution >= 4 is 24.4 Å². The van der Waals surface area contributed by atoms with Crippen LogP contribution in [0.25, 0.3) is 0 Å². The number of hydrogen-bond donors (Lipinski definition) is 2. The number of carboxylic acids is 1. The highest BCUT2D eigenvalue weighted by atomic mass is 32.1. The second kappa shape index (κ2) is 5.16. The number of aliphatic carboxylic acids is 1. The summed E-state index contributed by atoms with van der Waals surface area (Å²) < 4.78 is 0. The number of carbonyl (C=O) groups excluding carboxylic acids is 1. The molecule has 0 spiro atoms.